The molecule has 1 aliphatic heterocycles. The summed E-state index contributed by atoms with van der Waals surface area (Å²) < 4.78 is 40.7. The lowest BCUT2D eigenvalue weighted by Crippen LogP contribution is -2.59. The molecule has 1 heterocycles. The number of likely N-dealkylation sites (tertiary alicyclic amines) is 1. The minimum Gasteiger partial charge on any atom is -0.343 e. The monoisotopic (exact) mass is 391 g/mol. The van der Waals surface area contributed by atoms with Crippen molar-refractivity contribution < 1.29 is 22.8 Å². The van der Waals surface area contributed by atoms with Crippen molar-refractivity contribution in [3.05, 3.63) is 34.9 Å². The molecule has 5 nitrogen and oxygen atoms in total. The van der Waals surface area contributed by atoms with E-state index in [2.05, 4.69) is 0 Å². The lowest BCUT2D eigenvalue weighted by atomic mass is 10.0. The van der Waals surface area contributed by atoms with Gasteiger partial charge in [-0.15, -0.1) is 0 Å². The Morgan fingerprint density at radius 3 is 2.50 bits per heavy atom. The first-order valence-electron chi connectivity index (χ1n) is 8.19. The highest BCUT2D eigenvalue weighted by Gasteiger charge is 2.52. The number of nitrogens with zero attached hydrogens (tertiary/aromatic N) is 1. The van der Waals surface area contributed by atoms with Crippen molar-refractivity contribution in [2.75, 3.05) is 0 Å². The molecule has 0 radical (unpaired) electrons. The number of carbonyl (C=O) groups excluding carboxylic acids is 2. The normalized spacial score (nSPS) is 22.8. The van der Waals surface area contributed by atoms with Gasteiger partial charge in [0, 0.05) is 11.9 Å². The Labute approximate surface area is 154 Å². The number of hydrogen-bond acceptors (Lipinski definition) is 3. The van der Waals surface area contributed by atoms with Crippen LogP contribution in [0, 0.1) is 0 Å². The van der Waals surface area contributed by atoms with Gasteiger partial charge >= 0.3 is 6.18 Å². The van der Waals surface area contributed by atoms with Crippen LogP contribution in [0.25, 0.3) is 0 Å². The fraction of sp³-hybridized carbons (Fsp3) is 0.529. The Morgan fingerprint density at radius 2 is 2.00 bits per heavy atom. The van der Waals surface area contributed by atoms with Gasteiger partial charge < -0.3 is 16.0 Å². The standard InChI is InChI=1S/C17H21ClF3N3O2/c1-9(22)16(26)24-13(11-4-3-5-12(18)8-11)6-7-14(24)15(17(19,20)21)23-10(2)25/h3-5,8-9,13-15H,6-7,22H2,1-2H3,(H,23,25)/t9?,13-,14+,15?/m0/s1. The van der Waals surface area contributed by atoms with Crippen LogP contribution in [0.4, 0.5) is 13.2 Å². The molecule has 0 spiro atoms. The van der Waals surface area contributed by atoms with Crippen molar-refractivity contribution in [1.29, 1.82) is 0 Å². The minimum absolute atomic E-state index is 0.0834. The Balaban J connectivity index is 2.45. The maximum atomic E-state index is 13.6. The molecule has 1 aliphatic rings. The van der Waals surface area contributed by atoms with E-state index in [1.165, 1.54) is 6.92 Å². The van der Waals surface area contributed by atoms with Gasteiger partial charge in [-0.3, -0.25) is 9.59 Å². The van der Waals surface area contributed by atoms with Crippen molar-refractivity contribution >= 4 is 23.4 Å². The molecular formula is C17H21ClF3N3O2. The smallest absolute Gasteiger partial charge is 0.343 e. The predicted molar refractivity (Wildman–Crippen MR) is 91.4 cm³/mol. The van der Waals surface area contributed by atoms with Crippen LogP contribution >= 0.6 is 11.6 Å². The van der Waals surface area contributed by atoms with E-state index >= 15 is 0 Å². The van der Waals surface area contributed by atoms with Crippen molar-refractivity contribution in [3.63, 3.8) is 0 Å². The highest BCUT2D eigenvalue weighted by atomic mass is 35.5. The summed E-state index contributed by atoms with van der Waals surface area (Å²) >= 11 is 5.99. The Hall–Kier alpha value is -1.80. The fourth-order valence-electron chi connectivity index (χ4n) is 3.37. The molecule has 9 heteroatoms. The number of amides is 2. The largest absolute Gasteiger partial charge is 0.410 e. The third-order valence-corrected chi connectivity index (χ3v) is 4.64. The van der Waals surface area contributed by atoms with Crippen LogP contribution in [0.2, 0.25) is 5.02 Å². The maximum absolute atomic E-state index is 13.6. The second kappa shape index (κ2) is 7.84. The van der Waals surface area contributed by atoms with Crippen LogP contribution < -0.4 is 11.1 Å². The van der Waals surface area contributed by atoms with Crippen LogP contribution in [0.15, 0.2) is 24.3 Å². The van der Waals surface area contributed by atoms with Crippen LogP contribution in [0.1, 0.15) is 38.3 Å². The number of hydrogen-bond donors (Lipinski definition) is 2. The Bertz CT molecular complexity index is 681. The first kappa shape index (κ1) is 20.5. The highest BCUT2D eigenvalue weighted by Crippen LogP contribution is 2.41. The molecule has 1 aromatic carbocycles. The summed E-state index contributed by atoms with van der Waals surface area (Å²) in [5.74, 6) is -1.41. The summed E-state index contributed by atoms with van der Waals surface area (Å²) in [5.41, 5.74) is 6.31. The number of halogens is 4. The van der Waals surface area contributed by atoms with E-state index in [1.807, 2.05) is 5.32 Å². The lowest BCUT2D eigenvalue weighted by molar-refractivity contribution is -0.176. The van der Waals surface area contributed by atoms with Gasteiger partial charge in [0.15, 0.2) is 0 Å². The molecule has 0 aliphatic carbocycles. The van der Waals surface area contributed by atoms with Crippen molar-refractivity contribution in [2.24, 2.45) is 5.73 Å². The first-order valence-corrected chi connectivity index (χ1v) is 8.57. The van der Waals surface area contributed by atoms with Gasteiger partial charge in [-0.05, 0) is 37.5 Å². The molecule has 2 unspecified atom stereocenters. The molecule has 1 saturated heterocycles. The van der Waals surface area contributed by atoms with Gasteiger partial charge in [-0.2, -0.15) is 13.2 Å². The van der Waals surface area contributed by atoms with E-state index in [4.69, 9.17) is 17.3 Å². The van der Waals surface area contributed by atoms with Crippen LogP contribution in [0.3, 0.4) is 0 Å². The molecule has 0 bridgehead atoms. The summed E-state index contributed by atoms with van der Waals surface area (Å²) in [6.45, 7) is 2.44. The molecule has 26 heavy (non-hydrogen) atoms. The van der Waals surface area contributed by atoms with Crippen LogP contribution in [0.5, 0.6) is 0 Å². The van der Waals surface area contributed by atoms with Crippen molar-refractivity contribution in [3.8, 4) is 0 Å². The van der Waals surface area contributed by atoms with Gasteiger partial charge in [-0.25, -0.2) is 0 Å². The van der Waals surface area contributed by atoms with E-state index in [0.717, 1.165) is 11.8 Å². The molecule has 1 aromatic rings. The highest BCUT2D eigenvalue weighted by molar-refractivity contribution is 6.30. The fourth-order valence-corrected chi connectivity index (χ4v) is 3.57. The van der Waals surface area contributed by atoms with E-state index in [-0.39, 0.29) is 6.42 Å². The van der Waals surface area contributed by atoms with Gasteiger partial charge in [-0.1, -0.05) is 23.7 Å². The summed E-state index contributed by atoms with van der Waals surface area (Å²) in [7, 11) is 0. The number of rotatable bonds is 4. The second-order valence-corrected chi connectivity index (χ2v) is 6.91. The number of nitrogens with one attached hydrogen (secondary N) is 1. The maximum Gasteiger partial charge on any atom is 0.410 e. The number of alkyl halides is 3. The van der Waals surface area contributed by atoms with Gasteiger partial charge in [0.05, 0.1) is 18.1 Å². The number of benzene rings is 1. The number of carbonyl (C=O) groups is 2. The second-order valence-electron chi connectivity index (χ2n) is 6.47. The van der Waals surface area contributed by atoms with Crippen LogP contribution in [-0.4, -0.2) is 41.0 Å². The first-order chi connectivity index (χ1) is 12.0. The van der Waals surface area contributed by atoms with E-state index in [1.54, 1.807) is 24.3 Å². The Morgan fingerprint density at radius 1 is 1.35 bits per heavy atom. The molecule has 3 N–H and O–H groups in total. The average molecular weight is 392 g/mol. The third-order valence-electron chi connectivity index (χ3n) is 4.40. The van der Waals surface area contributed by atoms with Crippen molar-refractivity contribution in [1.82, 2.24) is 10.2 Å². The van der Waals surface area contributed by atoms with E-state index < -0.39 is 42.2 Å². The van der Waals surface area contributed by atoms with Crippen molar-refractivity contribution in [2.45, 2.75) is 57.0 Å². The summed E-state index contributed by atoms with van der Waals surface area (Å²) in [6.07, 6.45) is -4.30. The zero-order valence-electron chi connectivity index (χ0n) is 14.4. The van der Waals surface area contributed by atoms with Gasteiger partial charge in [0.2, 0.25) is 11.8 Å². The summed E-state index contributed by atoms with van der Waals surface area (Å²) in [5, 5.41) is 2.37. The average Bonchev–Trinajstić information content (AvgIpc) is 2.94. The zero-order valence-corrected chi connectivity index (χ0v) is 15.1. The molecular weight excluding hydrogens is 371 g/mol. The predicted octanol–water partition coefficient (Wildman–Crippen LogP) is 2.79. The zero-order chi connectivity index (χ0) is 19.6. The molecule has 0 aromatic heterocycles. The number of nitrogens with two attached hydrogens (primary N) is 1. The SMILES string of the molecule is CC(=O)NC([C@H]1CC[C@@H](c2cccc(Cl)c2)N1C(=O)C(C)N)C(F)(F)F. The molecule has 144 valence electrons. The van der Waals surface area contributed by atoms with E-state index in [9.17, 15) is 22.8 Å². The Kier molecular flexibility index (Phi) is 6.18. The summed E-state index contributed by atoms with van der Waals surface area (Å²) in [4.78, 5) is 25.1. The minimum atomic E-state index is -4.70. The van der Waals surface area contributed by atoms with E-state index in [0.29, 0.717) is 17.0 Å². The van der Waals surface area contributed by atoms with Crippen LogP contribution in [-0.2, 0) is 9.59 Å². The van der Waals surface area contributed by atoms with Gasteiger partial charge in [0.1, 0.15) is 6.04 Å². The molecule has 2 rings (SSSR count). The lowest BCUT2D eigenvalue weighted by Gasteiger charge is -2.37. The quantitative estimate of drug-likeness (QED) is 0.828. The summed E-state index contributed by atoms with van der Waals surface area (Å²) in [6, 6.07) is 1.70. The molecule has 1 fully saturated rings. The topological polar surface area (TPSA) is 75.4 Å². The molecule has 2 amide bonds. The van der Waals surface area contributed by atoms with Gasteiger partial charge in [0.25, 0.3) is 0 Å². The molecule has 0 saturated carbocycles. The third kappa shape index (κ3) is 4.48. The molecule has 4 atom stereocenters.